The van der Waals surface area contributed by atoms with Gasteiger partial charge in [0.1, 0.15) is 0 Å². The normalized spacial score (nSPS) is 11.9. The summed E-state index contributed by atoms with van der Waals surface area (Å²) < 4.78 is 0. The van der Waals surface area contributed by atoms with Gasteiger partial charge in [0, 0.05) is 6.42 Å². The lowest BCUT2D eigenvalue weighted by Crippen LogP contribution is -2.26. The van der Waals surface area contributed by atoms with Crippen molar-refractivity contribution >= 4 is 11.9 Å². The highest BCUT2D eigenvalue weighted by Crippen LogP contribution is 2.13. The van der Waals surface area contributed by atoms with Gasteiger partial charge in [0.15, 0.2) is 0 Å². The maximum Gasteiger partial charge on any atom is 0.303 e. The topological polar surface area (TPSA) is 66.4 Å². The zero-order chi connectivity index (χ0) is 13.5. The van der Waals surface area contributed by atoms with E-state index in [4.69, 9.17) is 5.11 Å². The molecule has 4 nitrogen and oxygen atoms in total. The molecule has 1 aromatic rings. The highest BCUT2D eigenvalue weighted by molar-refractivity contribution is 5.80. The van der Waals surface area contributed by atoms with E-state index in [1.54, 1.807) is 0 Å². The van der Waals surface area contributed by atoms with E-state index < -0.39 is 5.97 Å². The van der Waals surface area contributed by atoms with Crippen molar-refractivity contribution in [1.29, 1.82) is 0 Å². The summed E-state index contributed by atoms with van der Waals surface area (Å²) in [4.78, 5) is 21.8. The van der Waals surface area contributed by atoms with Crippen LogP contribution < -0.4 is 5.32 Å². The van der Waals surface area contributed by atoms with Crippen molar-refractivity contribution in [3.63, 3.8) is 0 Å². The van der Waals surface area contributed by atoms with Crippen LogP contribution in [0.3, 0.4) is 0 Å². The van der Waals surface area contributed by atoms with E-state index in [1.165, 1.54) is 5.56 Å². The molecule has 0 heterocycles. The Morgan fingerprint density at radius 2 is 1.83 bits per heavy atom. The molecular weight excluding hydrogens is 230 g/mol. The first kappa shape index (κ1) is 14.2. The van der Waals surface area contributed by atoms with Gasteiger partial charge in [0.25, 0.3) is 0 Å². The zero-order valence-electron chi connectivity index (χ0n) is 10.8. The predicted molar refractivity (Wildman–Crippen MR) is 69.2 cm³/mol. The average molecular weight is 249 g/mol. The summed E-state index contributed by atoms with van der Waals surface area (Å²) >= 11 is 0. The number of hydrogen-bond acceptors (Lipinski definition) is 2. The van der Waals surface area contributed by atoms with E-state index in [-0.39, 0.29) is 24.8 Å². The number of nitrogens with one attached hydrogen (secondary N) is 1. The molecule has 0 bridgehead atoms. The highest BCUT2D eigenvalue weighted by atomic mass is 16.4. The van der Waals surface area contributed by atoms with E-state index in [0.717, 1.165) is 12.0 Å². The maximum atomic E-state index is 11.5. The van der Waals surface area contributed by atoms with E-state index >= 15 is 0 Å². The Kier molecular flexibility index (Phi) is 5.36. The van der Waals surface area contributed by atoms with Crippen LogP contribution in [0.1, 0.15) is 43.9 Å². The molecule has 0 unspecified atom stereocenters. The molecule has 1 amide bonds. The molecule has 0 spiro atoms. The summed E-state index contributed by atoms with van der Waals surface area (Å²) in [6.45, 7) is 3.98. The lowest BCUT2D eigenvalue weighted by molar-refractivity contribution is -0.138. The number of rotatable bonds is 6. The molecule has 0 saturated heterocycles. The lowest BCUT2D eigenvalue weighted by atomic mass is 10.0. The number of carbonyl (C=O) groups excluding carboxylic acids is 1. The van der Waals surface area contributed by atoms with Crippen molar-refractivity contribution in [2.24, 2.45) is 0 Å². The lowest BCUT2D eigenvalue weighted by Gasteiger charge is -2.14. The molecule has 1 aromatic carbocycles. The van der Waals surface area contributed by atoms with Gasteiger partial charge in [-0.05, 0) is 24.5 Å². The SMILES string of the molecule is CCc1ccc([C@@H](C)NC(=O)CCC(=O)O)cc1. The Hall–Kier alpha value is -1.84. The third-order valence-corrected chi connectivity index (χ3v) is 2.83. The molecule has 98 valence electrons. The van der Waals surface area contributed by atoms with Crippen LogP contribution in [0.25, 0.3) is 0 Å². The molecule has 0 aliphatic rings. The minimum absolute atomic E-state index is 0.0206. The molecule has 18 heavy (non-hydrogen) atoms. The standard InChI is InChI=1S/C14H19NO3/c1-3-11-4-6-12(7-5-11)10(2)15-13(16)8-9-14(17)18/h4-7,10H,3,8-9H2,1-2H3,(H,15,16)(H,17,18)/t10-/m1/s1. The van der Waals surface area contributed by atoms with Crippen LogP contribution >= 0.6 is 0 Å². The first-order valence-electron chi connectivity index (χ1n) is 6.13. The van der Waals surface area contributed by atoms with Crippen LogP contribution in [0.2, 0.25) is 0 Å². The van der Waals surface area contributed by atoms with Crippen molar-refractivity contribution < 1.29 is 14.7 Å². The number of aryl methyl sites for hydroxylation is 1. The van der Waals surface area contributed by atoms with E-state index in [2.05, 4.69) is 12.2 Å². The van der Waals surface area contributed by atoms with E-state index in [1.807, 2.05) is 31.2 Å². The van der Waals surface area contributed by atoms with Crippen LogP contribution in [-0.2, 0) is 16.0 Å². The Bertz CT molecular complexity index is 412. The molecular formula is C14H19NO3. The molecule has 0 radical (unpaired) electrons. The molecule has 4 heteroatoms. The van der Waals surface area contributed by atoms with Gasteiger partial charge in [0.2, 0.25) is 5.91 Å². The number of amides is 1. The number of hydrogen-bond donors (Lipinski definition) is 2. The Labute approximate surface area is 107 Å². The van der Waals surface area contributed by atoms with Gasteiger partial charge in [-0.2, -0.15) is 0 Å². The summed E-state index contributed by atoms with van der Waals surface area (Å²) in [6, 6.07) is 7.95. The molecule has 1 atom stereocenters. The number of carbonyl (C=O) groups is 2. The maximum absolute atomic E-state index is 11.5. The van der Waals surface area contributed by atoms with Crippen molar-refractivity contribution in [2.45, 2.75) is 39.2 Å². The monoisotopic (exact) mass is 249 g/mol. The molecule has 0 aromatic heterocycles. The second kappa shape index (κ2) is 6.79. The summed E-state index contributed by atoms with van der Waals surface area (Å²) in [5, 5.41) is 11.3. The second-order valence-electron chi connectivity index (χ2n) is 4.28. The van der Waals surface area contributed by atoms with Crippen LogP contribution in [0.15, 0.2) is 24.3 Å². The molecule has 0 fully saturated rings. The van der Waals surface area contributed by atoms with Crippen LogP contribution in [0.4, 0.5) is 0 Å². The quantitative estimate of drug-likeness (QED) is 0.813. The number of carboxylic acids is 1. The van der Waals surface area contributed by atoms with Gasteiger partial charge >= 0.3 is 5.97 Å². The van der Waals surface area contributed by atoms with Gasteiger partial charge in [-0.25, -0.2) is 0 Å². The first-order chi connectivity index (χ1) is 8.52. The average Bonchev–Trinajstić information content (AvgIpc) is 2.36. The smallest absolute Gasteiger partial charge is 0.303 e. The zero-order valence-corrected chi connectivity index (χ0v) is 10.8. The summed E-state index contributed by atoms with van der Waals surface area (Å²) in [6.07, 6.45) is 0.875. The minimum Gasteiger partial charge on any atom is -0.481 e. The first-order valence-corrected chi connectivity index (χ1v) is 6.13. The van der Waals surface area contributed by atoms with Gasteiger partial charge in [-0.15, -0.1) is 0 Å². The number of aliphatic carboxylic acids is 1. The van der Waals surface area contributed by atoms with Crippen molar-refractivity contribution in [3.05, 3.63) is 35.4 Å². The molecule has 1 rings (SSSR count). The Balaban J connectivity index is 2.50. The summed E-state index contributed by atoms with van der Waals surface area (Å²) in [7, 11) is 0. The fourth-order valence-corrected chi connectivity index (χ4v) is 1.66. The third kappa shape index (κ3) is 4.57. The fourth-order valence-electron chi connectivity index (χ4n) is 1.66. The van der Waals surface area contributed by atoms with Crippen molar-refractivity contribution in [1.82, 2.24) is 5.32 Å². The van der Waals surface area contributed by atoms with Crippen LogP contribution in [-0.4, -0.2) is 17.0 Å². The minimum atomic E-state index is -0.954. The third-order valence-electron chi connectivity index (χ3n) is 2.83. The summed E-state index contributed by atoms with van der Waals surface area (Å²) in [5.41, 5.74) is 2.28. The molecule has 0 aliphatic carbocycles. The fraction of sp³-hybridized carbons (Fsp3) is 0.429. The van der Waals surface area contributed by atoms with Gasteiger partial charge in [-0.1, -0.05) is 31.2 Å². The molecule has 2 N–H and O–H groups in total. The second-order valence-corrected chi connectivity index (χ2v) is 4.28. The van der Waals surface area contributed by atoms with Gasteiger partial charge in [-0.3, -0.25) is 9.59 Å². The highest BCUT2D eigenvalue weighted by Gasteiger charge is 2.10. The van der Waals surface area contributed by atoms with Crippen LogP contribution in [0.5, 0.6) is 0 Å². The van der Waals surface area contributed by atoms with E-state index in [9.17, 15) is 9.59 Å². The predicted octanol–water partition coefficient (Wildman–Crippen LogP) is 2.29. The number of benzene rings is 1. The van der Waals surface area contributed by atoms with Gasteiger partial charge < -0.3 is 10.4 Å². The summed E-state index contributed by atoms with van der Waals surface area (Å²) in [5.74, 6) is -1.19. The van der Waals surface area contributed by atoms with E-state index in [0.29, 0.717) is 0 Å². The number of carboxylic acid groups (broad SMARTS) is 1. The van der Waals surface area contributed by atoms with Crippen LogP contribution in [0, 0.1) is 0 Å². The molecule has 0 saturated carbocycles. The van der Waals surface area contributed by atoms with Crippen molar-refractivity contribution in [2.75, 3.05) is 0 Å². The Morgan fingerprint density at radius 1 is 1.22 bits per heavy atom. The Morgan fingerprint density at radius 3 is 2.33 bits per heavy atom. The van der Waals surface area contributed by atoms with Gasteiger partial charge in [0.05, 0.1) is 12.5 Å². The van der Waals surface area contributed by atoms with Crippen molar-refractivity contribution in [3.8, 4) is 0 Å². The molecule has 0 aliphatic heterocycles. The largest absolute Gasteiger partial charge is 0.481 e.